The summed E-state index contributed by atoms with van der Waals surface area (Å²) in [5.41, 5.74) is -0.596. The summed E-state index contributed by atoms with van der Waals surface area (Å²) < 4.78 is 5.02. The van der Waals surface area contributed by atoms with Crippen LogP contribution < -0.4 is 0 Å². The Labute approximate surface area is 151 Å². The van der Waals surface area contributed by atoms with E-state index in [-0.39, 0.29) is 30.7 Å². The van der Waals surface area contributed by atoms with Gasteiger partial charge in [0.05, 0.1) is 28.1 Å². The van der Waals surface area contributed by atoms with E-state index in [9.17, 15) is 14.9 Å². The maximum atomic E-state index is 11.8. The molecule has 1 unspecified atom stereocenters. The number of hydrogen-bond acceptors (Lipinski definition) is 4. The number of carboxylic acid groups (broad SMARTS) is 1. The van der Waals surface area contributed by atoms with Crippen LogP contribution >= 0.6 is 23.2 Å². The van der Waals surface area contributed by atoms with E-state index < -0.39 is 17.4 Å². The van der Waals surface area contributed by atoms with Gasteiger partial charge < -0.3 is 9.84 Å². The SMILES string of the molecule is CCCOC(=O)CCC(C#N)(CCC(=O)O)c1ccc(Cl)c(Cl)c1. The number of nitrogens with zero attached hydrogens (tertiary/aromatic N) is 1. The number of halogens is 2. The fourth-order valence-electron chi connectivity index (χ4n) is 2.31. The van der Waals surface area contributed by atoms with Crippen LogP contribution in [-0.2, 0) is 19.7 Å². The third-order valence-electron chi connectivity index (χ3n) is 3.67. The molecule has 0 amide bonds. The van der Waals surface area contributed by atoms with Crippen LogP contribution in [0.2, 0.25) is 10.0 Å². The zero-order valence-corrected chi connectivity index (χ0v) is 14.9. The number of nitriles is 1. The minimum atomic E-state index is -1.14. The van der Waals surface area contributed by atoms with Crippen molar-refractivity contribution >= 4 is 35.1 Å². The third-order valence-corrected chi connectivity index (χ3v) is 4.41. The van der Waals surface area contributed by atoms with Crippen LogP contribution in [0.4, 0.5) is 0 Å². The highest BCUT2D eigenvalue weighted by Crippen LogP contribution is 2.37. The number of benzene rings is 1. The predicted octanol–water partition coefficient (Wildman–Crippen LogP) is 4.35. The van der Waals surface area contributed by atoms with E-state index in [1.54, 1.807) is 18.2 Å². The second-order valence-corrected chi connectivity index (χ2v) is 6.25. The summed E-state index contributed by atoms with van der Waals surface area (Å²) in [5.74, 6) is -1.42. The van der Waals surface area contributed by atoms with E-state index in [2.05, 4.69) is 6.07 Å². The summed E-state index contributed by atoms with van der Waals surface area (Å²) in [7, 11) is 0. The summed E-state index contributed by atoms with van der Waals surface area (Å²) >= 11 is 11.9. The molecule has 5 nitrogen and oxygen atoms in total. The molecule has 7 heteroatoms. The van der Waals surface area contributed by atoms with Gasteiger partial charge in [0.2, 0.25) is 0 Å². The fourth-order valence-corrected chi connectivity index (χ4v) is 2.61. The van der Waals surface area contributed by atoms with Crippen molar-refractivity contribution in [3.05, 3.63) is 33.8 Å². The molecule has 0 saturated carbocycles. The van der Waals surface area contributed by atoms with Crippen molar-refractivity contribution < 1.29 is 19.4 Å². The molecule has 0 bridgehead atoms. The fraction of sp³-hybridized carbons (Fsp3) is 0.471. The Hall–Kier alpha value is -1.77. The summed E-state index contributed by atoms with van der Waals surface area (Å²) in [6.07, 6.45) is 0.751. The van der Waals surface area contributed by atoms with Crippen molar-refractivity contribution in [2.45, 2.75) is 44.4 Å². The molecule has 1 rings (SSSR count). The molecular weight excluding hydrogens is 353 g/mol. The third kappa shape index (κ3) is 5.70. The van der Waals surface area contributed by atoms with Gasteiger partial charge in [0.15, 0.2) is 0 Å². The highest BCUT2D eigenvalue weighted by molar-refractivity contribution is 6.42. The molecule has 1 atom stereocenters. The van der Waals surface area contributed by atoms with Gasteiger partial charge in [-0.3, -0.25) is 9.59 Å². The molecule has 0 saturated heterocycles. The first-order valence-electron chi connectivity index (χ1n) is 7.59. The van der Waals surface area contributed by atoms with Crippen LogP contribution in [0.3, 0.4) is 0 Å². The molecule has 1 aromatic rings. The van der Waals surface area contributed by atoms with Crippen molar-refractivity contribution in [1.82, 2.24) is 0 Å². The molecule has 0 heterocycles. The summed E-state index contributed by atoms with van der Waals surface area (Å²) in [5, 5.41) is 19.3. The number of carbonyl (C=O) groups is 2. The molecule has 130 valence electrons. The van der Waals surface area contributed by atoms with Gasteiger partial charge in [-0.25, -0.2) is 0 Å². The van der Waals surface area contributed by atoms with Crippen LogP contribution in [0.5, 0.6) is 0 Å². The second-order valence-electron chi connectivity index (χ2n) is 5.44. The van der Waals surface area contributed by atoms with Crippen molar-refractivity contribution in [1.29, 1.82) is 5.26 Å². The highest BCUT2D eigenvalue weighted by Gasteiger charge is 2.34. The number of hydrogen-bond donors (Lipinski definition) is 1. The molecule has 0 aliphatic heterocycles. The van der Waals surface area contributed by atoms with E-state index in [1.165, 1.54) is 0 Å². The number of esters is 1. The summed E-state index contributed by atoms with van der Waals surface area (Å²) in [4.78, 5) is 22.7. The summed E-state index contributed by atoms with van der Waals surface area (Å²) in [6.45, 7) is 2.20. The maximum absolute atomic E-state index is 11.8. The molecule has 0 spiro atoms. The Kier molecular flexibility index (Phi) is 8.03. The first-order valence-corrected chi connectivity index (χ1v) is 8.34. The Morgan fingerprint density at radius 2 is 1.92 bits per heavy atom. The standard InChI is InChI=1S/C17H19Cl2NO4/c1-2-9-24-16(23)6-8-17(11-20,7-5-15(21)22)12-3-4-13(18)14(19)10-12/h3-4,10H,2,5-9H2,1H3,(H,21,22). The lowest BCUT2D eigenvalue weighted by molar-refractivity contribution is -0.144. The monoisotopic (exact) mass is 371 g/mol. The Balaban J connectivity index is 3.05. The van der Waals surface area contributed by atoms with E-state index in [1.807, 2.05) is 6.92 Å². The zero-order valence-electron chi connectivity index (χ0n) is 13.3. The highest BCUT2D eigenvalue weighted by atomic mass is 35.5. The van der Waals surface area contributed by atoms with Gasteiger partial charge in [-0.15, -0.1) is 0 Å². The lowest BCUT2D eigenvalue weighted by atomic mass is 9.74. The predicted molar refractivity (Wildman–Crippen MR) is 91.1 cm³/mol. The quantitative estimate of drug-likeness (QED) is 0.651. The first kappa shape index (κ1) is 20.3. The molecule has 0 aliphatic carbocycles. The van der Waals surface area contributed by atoms with Gasteiger partial charge in [-0.05, 0) is 37.0 Å². The summed E-state index contributed by atoms with van der Waals surface area (Å²) in [6, 6.07) is 6.91. The lowest BCUT2D eigenvalue weighted by Gasteiger charge is -2.26. The molecule has 0 radical (unpaired) electrons. The van der Waals surface area contributed by atoms with Crippen LogP contribution in [0, 0.1) is 11.3 Å². The molecule has 24 heavy (non-hydrogen) atoms. The van der Waals surface area contributed by atoms with E-state index in [0.717, 1.165) is 0 Å². The van der Waals surface area contributed by atoms with E-state index in [0.29, 0.717) is 23.6 Å². The normalized spacial score (nSPS) is 12.9. The van der Waals surface area contributed by atoms with Gasteiger partial charge in [0.1, 0.15) is 0 Å². The topological polar surface area (TPSA) is 87.4 Å². The van der Waals surface area contributed by atoms with Crippen LogP contribution in [0.15, 0.2) is 18.2 Å². The molecule has 1 N–H and O–H groups in total. The largest absolute Gasteiger partial charge is 0.481 e. The van der Waals surface area contributed by atoms with E-state index in [4.69, 9.17) is 33.0 Å². The molecule has 0 aromatic heterocycles. The van der Waals surface area contributed by atoms with Crippen molar-refractivity contribution in [2.75, 3.05) is 6.61 Å². The second kappa shape index (κ2) is 9.51. The van der Waals surface area contributed by atoms with Crippen LogP contribution in [0.25, 0.3) is 0 Å². The number of aliphatic carboxylic acids is 1. The van der Waals surface area contributed by atoms with Gasteiger partial charge in [0, 0.05) is 12.8 Å². The minimum Gasteiger partial charge on any atom is -0.481 e. The average Bonchev–Trinajstić information content (AvgIpc) is 2.56. The molecule has 0 fully saturated rings. The lowest BCUT2D eigenvalue weighted by Crippen LogP contribution is -2.27. The Morgan fingerprint density at radius 1 is 1.25 bits per heavy atom. The Morgan fingerprint density at radius 3 is 2.46 bits per heavy atom. The number of carbonyl (C=O) groups excluding carboxylic acids is 1. The maximum Gasteiger partial charge on any atom is 0.305 e. The molecular formula is C17H19Cl2NO4. The Bertz CT molecular complexity index is 642. The molecule has 1 aromatic carbocycles. The minimum absolute atomic E-state index is 0.0213. The number of carboxylic acids is 1. The first-order chi connectivity index (χ1) is 11.3. The van der Waals surface area contributed by atoms with Crippen LogP contribution in [-0.4, -0.2) is 23.7 Å². The van der Waals surface area contributed by atoms with Gasteiger partial charge in [-0.1, -0.05) is 36.2 Å². The van der Waals surface area contributed by atoms with Gasteiger partial charge in [0.25, 0.3) is 0 Å². The van der Waals surface area contributed by atoms with Crippen molar-refractivity contribution in [2.24, 2.45) is 0 Å². The van der Waals surface area contributed by atoms with Crippen molar-refractivity contribution in [3.8, 4) is 6.07 Å². The van der Waals surface area contributed by atoms with Crippen molar-refractivity contribution in [3.63, 3.8) is 0 Å². The van der Waals surface area contributed by atoms with E-state index >= 15 is 0 Å². The zero-order chi connectivity index (χ0) is 18.2. The molecule has 0 aliphatic rings. The number of rotatable bonds is 9. The smallest absolute Gasteiger partial charge is 0.305 e. The average molecular weight is 372 g/mol. The van der Waals surface area contributed by atoms with Crippen LogP contribution in [0.1, 0.15) is 44.6 Å². The van der Waals surface area contributed by atoms with Gasteiger partial charge >= 0.3 is 11.9 Å². The number of ether oxygens (including phenoxy) is 1. The van der Waals surface area contributed by atoms with Gasteiger partial charge in [-0.2, -0.15) is 5.26 Å².